The van der Waals surface area contributed by atoms with Crippen LogP contribution in [0.4, 0.5) is 11.5 Å². The molecule has 1 N–H and O–H groups in total. The van der Waals surface area contributed by atoms with E-state index < -0.39 is 0 Å². The largest absolute Gasteiger partial charge is 0.340 e. The van der Waals surface area contributed by atoms with Gasteiger partial charge in [-0.15, -0.1) is 11.3 Å². The van der Waals surface area contributed by atoms with Crippen molar-refractivity contribution >= 4 is 33.1 Å². The Balaban J connectivity index is 2.01. The second-order valence-corrected chi connectivity index (χ2v) is 6.06. The van der Waals surface area contributed by atoms with Crippen LogP contribution < -0.4 is 5.32 Å². The van der Waals surface area contributed by atoms with E-state index in [2.05, 4.69) is 60.3 Å². The zero-order valence-corrected chi connectivity index (χ0v) is 12.7. The van der Waals surface area contributed by atoms with Gasteiger partial charge < -0.3 is 5.32 Å². The Morgan fingerprint density at radius 3 is 2.55 bits per heavy atom. The number of hydrogen-bond donors (Lipinski definition) is 1. The molecule has 0 spiro atoms. The predicted molar refractivity (Wildman–Crippen MR) is 86.0 cm³/mol. The number of nitrogens with one attached hydrogen (secondary N) is 1. The Kier molecular flexibility index (Phi) is 3.40. The number of aromatic nitrogens is 2. The minimum atomic E-state index is 0.890. The lowest BCUT2D eigenvalue weighted by Gasteiger charge is -2.08. The third-order valence-corrected chi connectivity index (χ3v) is 4.71. The first kappa shape index (κ1) is 13.1. The molecule has 0 atom stereocenters. The van der Waals surface area contributed by atoms with Gasteiger partial charge in [-0.1, -0.05) is 19.1 Å². The SMILES string of the molecule is CCc1ccc(Nc2ncnc3sc(C)c(C)c23)cc1. The van der Waals surface area contributed by atoms with Crippen molar-refractivity contribution in [3.05, 3.63) is 46.6 Å². The Morgan fingerprint density at radius 2 is 1.85 bits per heavy atom. The molecule has 4 heteroatoms. The molecule has 2 aromatic heterocycles. The van der Waals surface area contributed by atoms with Gasteiger partial charge in [-0.05, 0) is 43.5 Å². The zero-order valence-electron chi connectivity index (χ0n) is 11.9. The zero-order chi connectivity index (χ0) is 14.1. The van der Waals surface area contributed by atoms with E-state index in [1.807, 2.05) is 0 Å². The van der Waals surface area contributed by atoms with Crippen molar-refractivity contribution < 1.29 is 0 Å². The molecule has 0 fully saturated rings. The van der Waals surface area contributed by atoms with Gasteiger partial charge in [0.15, 0.2) is 0 Å². The number of nitrogens with zero attached hydrogens (tertiary/aromatic N) is 2. The van der Waals surface area contributed by atoms with Gasteiger partial charge in [0.25, 0.3) is 0 Å². The van der Waals surface area contributed by atoms with E-state index in [0.717, 1.165) is 28.1 Å². The molecule has 0 amide bonds. The quantitative estimate of drug-likeness (QED) is 0.762. The van der Waals surface area contributed by atoms with Crippen molar-refractivity contribution in [1.29, 1.82) is 0 Å². The molecule has 0 bridgehead atoms. The Hall–Kier alpha value is -1.94. The van der Waals surface area contributed by atoms with E-state index in [4.69, 9.17) is 0 Å². The van der Waals surface area contributed by atoms with Gasteiger partial charge in [-0.2, -0.15) is 0 Å². The van der Waals surface area contributed by atoms with Gasteiger partial charge in [0.1, 0.15) is 17.0 Å². The summed E-state index contributed by atoms with van der Waals surface area (Å²) in [5, 5.41) is 4.54. The summed E-state index contributed by atoms with van der Waals surface area (Å²) in [5.74, 6) is 0.890. The standard InChI is InChI=1S/C16H17N3S/c1-4-12-5-7-13(8-6-12)19-15-14-10(2)11(3)20-16(14)18-9-17-15/h5-9H,4H2,1-3H3,(H,17,18,19). The molecule has 2 heterocycles. The number of aryl methyl sites for hydroxylation is 3. The van der Waals surface area contributed by atoms with Crippen molar-refractivity contribution in [2.45, 2.75) is 27.2 Å². The minimum Gasteiger partial charge on any atom is -0.340 e. The summed E-state index contributed by atoms with van der Waals surface area (Å²) in [4.78, 5) is 11.1. The molecule has 0 saturated carbocycles. The molecule has 1 aromatic carbocycles. The van der Waals surface area contributed by atoms with Crippen molar-refractivity contribution in [2.24, 2.45) is 0 Å². The second kappa shape index (κ2) is 5.21. The smallest absolute Gasteiger partial charge is 0.142 e. The lowest BCUT2D eigenvalue weighted by Crippen LogP contribution is -1.95. The Bertz CT molecular complexity index is 744. The maximum Gasteiger partial charge on any atom is 0.142 e. The Morgan fingerprint density at radius 1 is 1.10 bits per heavy atom. The maximum absolute atomic E-state index is 4.40. The van der Waals surface area contributed by atoms with E-state index in [0.29, 0.717) is 0 Å². The monoisotopic (exact) mass is 283 g/mol. The van der Waals surface area contributed by atoms with Crippen LogP contribution in [0.2, 0.25) is 0 Å². The number of thiophene rings is 1. The van der Waals surface area contributed by atoms with Gasteiger partial charge >= 0.3 is 0 Å². The first-order valence-electron chi connectivity index (χ1n) is 6.75. The van der Waals surface area contributed by atoms with Gasteiger partial charge in [0, 0.05) is 10.6 Å². The van der Waals surface area contributed by atoms with Crippen molar-refractivity contribution in [3.8, 4) is 0 Å². The van der Waals surface area contributed by atoms with Crippen LogP contribution in [0.15, 0.2) is 30.6 Å². The summed E-state index contributed by atoms with van der Waals surface area (Å²) in [7, 11) is 0. The maximum atomic E-state index is 4.40. The molecule has 3 rings (SSSR count). The fourth-order valence-electron chi connectivity index (χ4n) is 2.24. The summed E-state index contributed by atoms with van der Waals surface area (Å²) in [6, 6.07) is 8.49. The predicted octanol–water partition coefficient (Wildman–Crippen LogP) is 4.61. The van der Waals surface area contributed by atoms with E-state index in [1.54, 1.807) is 17.7 Å². The highest BCUT2D eigenvalue weighted by molar-refractivity contribution is 7.18. The summed E-state index contributed by atoms with van der Waals surface area (Å²) in [6.07, 6.45) is 2.68. The summed E-state index contributed by atoms with van der Waals surface area (Å²) in [6.45, 7) is 6.41. The molecule has 3 aromatic rings. The van der Waals surface area contributed by atoms with Crippen LogP contribution in [0.1, 0.15) is 22.9 Å². The molecule has 102 valence electrons. The minimum absolute atomic E-state index is 0.890. The highest BCUT2D eigenvalue weighted by Gasteiger charge is 2.11. The van der Waals surface area contributed by atoms with Crippen molar-refractivity contribution in [3.63, 3.8) is 0 Å². The lowest BCUT2D eigenvalue weighted by molar-refractivity contribution is 1.14. The van der Waals surface area contributed by atoms with Gasteiger partial charge in [0.05, 0.1) is 5.39 Å². The molecule has 0 aliphatic carbocycles. The molecule has 0 aliphatic rings. The number of rotatable bonds is 3. The van der Waals surface area contributed by atoms with Crippen LogP contribution >= 0.6 is 11.3 Å². The molecular formula is C16H17N3S. The fourth-order valence-corrected chi connectivity index (χ4v) is 3.23. The van der Waals surface area contributed by atoms with Crippen LogP contribution in [0.5, 0.6) is 0 Å². The summed E-state index contributed by atoms with van der Waals surface area (Å²) >= 11 is 1.72. The number of hydrogen-bond acceptors (Lipinski definition) is 4. The lowest BCUT2D eigenvalue weighted by atomic mass is 10.1. The third-order valence-electron chi connectivity index (χ3n) is 3.59. The highest BCUT2D eigenvalue weighted by Crippen LogP contribution is 2.33. The van der Waals surface area contributed by atoms with Gasteiger partial charge in [0.2, 0.25) is 0 Å². The Labute approximate surface area is 122 Å². The average Bonchev–Trinajstić information content (AvgIpc) is 2.76. The van der Waals surface area contributed by atoms with Crippen LogP contribution in [-0.2, 0) is 6.42 Å². The summed E-state index contributed by atoms with van der Waals surface area (Å²) < 4.78 is 0. The molecule has 20 heavy (non-hydrogen) atoms. The number of anilines is 2. The van der Waals surface area contributed by atoms with Crippen LogP contribution in [0.25, 0.3) is 10.2 Å². The molecule has 0 saturated heterocycles. The van der Waals surface area contributed by atoms with E-state index in [-0.39, 0.29) is 0 Å². The second-order valence-electron chi connectivity index (χ2n) is 4.86. The van der Waals surface area contributed by atoms with Gasteiger partial charge in [-0.25, -0.2) is 9.97 Å². The van der Waals surface area contributed by atoms with Crippen LogP contribution in [0, 0.1) is 13.8 Å². The first-order valence-corrected chi connectivity index (χ1v) is 7.57. The molecule has 0 radical (unpaired) electrons. The van der Waals surface area contributed by atoms with E-state index in [1.165, 1.54) is 16.0 Å². The van der Waals surface area contributed by atoms with Crippen molar-refractivity contribution in [1.82, 2.24) is 9.97 Å². The average molecular weight is 283 g/mol. The molecule has 0 unspecified atom stereocenters. The molecule has 0 aliphatic heterocycles. The fraction of sp³-hybridized carbons (Fsp3) is 0.250. The molecular weight excluding hydrogens is 266 g/mol. The molecule has 3 nitrogen and oxygen atoms in total. The first-order chi connectivity index (χ1) is 9.69. The number of benzene rings is 1. The summed E-state index contributed by atoms with van der Waals surface area (Å²) in [5.41, 5.74) is 3.66. The van der Waals surface area contributed by atoms with E-state index >= 15 is 0 Å². The highest BCUT2D eigenvalue weighted by atomic mass is 32.1. The van der Waals surface area contributed by atoms with Crippen molar-refractivity contribution in [2.75, 3.05) is 5.32 Å². The van der Waals surface area contributed by atoms with Crippen LogP contribution in [-0.4, -0.2) is 9.97 Å². The van der Waals surface area contributed by atoms with Gasteiger partial charge in [-0.3, -0.25) is 0 Å². The normalized spacial score (nSPS) is 10.9. The van der Waals surface area contributed by atoms with E-state index in [9.17, 15) is 0 Å². The third kappa shape index (κ3) is 2.27. The number of fused-ring (bicyclic) bond motifs is 1. The topological polar surface area (TPSA) is 37.8 Å². The van der Waals surface area contributed by atoms with Crippen LogP contribution in [0.3, 0.4) is 0 Å².